The smallest absolute Gasteiger partial charge is 0.337 e. The van der Waals surface area contributed by atoms with E-state index in [1.807, 2.05) is 13.8 Å². The molecule has 82 valence electrons. The minimum Gasteiger partial charge on any atom is -0.428 e. The van der Waals surface area contributed by atoms with Gasteiger partial charge < -0.3 is 9.32 Å². The van der Waals surface area contributed by atoms with E-state index in [0.29, 0.717) is 0 Å². The monoisotopic (exact) mass is 207 g/mol. The van der Waals surface area contributed by atoms with Gasteiger partial charge in [-0.25, -0.2) is 4.79 Å². The lowest BCUT2D eigenvalue weighted by Gasteiger charge is -2.29. The van der Waals surface area contributed by atoms with E-state index >= 15 is 0 Å². The van der Waals surface area contributed by atoms with Crippen LogP contribution < -0.4 is 10.5 Å². The van der Waals surface area contributed by atoms with E-state index in [1.54, 1.807) is 6.07 Å². The van der Waals surface area contributed by atoms with Crippen molar-refractivity contribution in [3.8, 4) is 0 Å². The molecule has 0 aromatic carbocycles. The highest BCUT2D eigenvalue weighted by atomic mass is 16.4. The Morgan fingerprint density at radius 1 is 1.20 bits per heavy atom. The van der Waals surface area contributed by atoms with Crippen LogP contribution in [0.2, 0.25) is 0 Å². The van der Waals surface area contributed by atoms with Crippen LogP contribution in [0.5, 0.6) is 0 Å². The third-order valence-electron chi connectivity index (χ3n) is 3.12. The quantitative estimate of drug-likeness (QED) is 0.708. The van der Waals surface area contributed by atoms with Gasteiger partial charge in [0.25, 0.3) is 0 Å². The lowest BCUT2D eigenvalue weighted by atomic mass is 10.1. The molecule has 0 aliphatic carbocycles. The van der Waals surface area contributed by atoms with Gasteiger partial charge in [0.05, 0.1) is 5.69 Å². The zero-order chi connectivity index (χ0) is 10.8. The first kappa shape index (κ1) is 10.3. The maximum atomic E-state index is 11.3. The van der Waals surface area contributed by atoms with Gasteiger partial charge in [-0.1, -0.05) is 0 Å². The molecule has 2 rings (SSSR count). The van der Waals surface area contributed by atoms with Crippen LogP contribution in [0, 0.1) is 13.8 Å². The summed E-state index contributed by atoms with van der Waals surface area (Å²) in [7, 11) is 0. The maximum absolute atomic E-state index is 11.3. The van der Waals surface area contributed by atoms with E-state index in [2.05, 4.69) is 4.90 Å². The van der Waals surface area contributed by atoms with E-state index in [4.69, 9.17) is 4.42 Å². The second-order valence-corrected chi connectivity index (χ2v) is 4.18. The topological polar surface area (TPSA) is 33.5 Å². The highest BCUT2D eigenvalue weighted by Gasteiger charge is 2.15. The van der Waals surface area contributed by atoms with Crippen LogP contribution in [-0.4, -0.2) is 13.1 Å². The van der Waals surface area contributed by atoms with E-state index in [0.717, 1.165) is 30.1 Å². The maximum Gasteiger partial charge on any atom is 0.337 e. The van der Waals surface area contributed by atoms with E-state index in [9.17, 15) is 4.79 Å². The summed E-state index contributed by atoms with van der Waals surface area (Å²) in [6.07, 6.45) is 3.74. The summed E-state index contributed by atoms with van der Waals surface area (Å²) in [5.41, 5.74) is 1.92. The Kier molecular flexibility index (Phi) is 2.80. The third-order valence-corrected chi connectivity index (χ3v) is 3.12. The van der Waals surface area contributed by atoms with Crippen molar-refractivity contribution in [2.45, 2.75) is 33.1 Å². The number of piperidine rings is 1. The van der Waals surface area contributed by atoms with Crippen molar-refractivity contribution in [2.24, 2.45) is 0 Å². The SMILES string of the molecule is Cc1oc(=O)cc(N2CCCCC2)c1C. The number of nitrogens with zero attached hydrogens (tertiary/aromatic N) is 1. The molecule has 15 heavy (non-hydrogen) atoms. The fourth-order valence-corrected chi connectivity index (χ4v) is 2.12. The minimum absolute atomic E-state index is 0.237. The fourth-order valence-electron chi connectivity index (χ4n) is 2.12. The minimum atomic E-state index is -0.237. The Labute approximate surface area is 89.7 Å². The summed E-state index contributed by atoms with van der Waals surface area (Å²) in [5, 5.41) is 0. The van der Waals surface area contributed by atoms with Crippen molar-refractivity contribution >= 4 is 5.69 Å². The van der Waals surface area contributed by atoms with Crippen LogP contribution in [0.25, 0.3) is 0 Å². The van der Waals surface area contributed by atoms with Crippen molar-refractivity contribution in [2.75, 3.05) is 18.0 Å². The van der Waals surface area contributed by atoms with E-state index < -0.39 is 0 Å². The van der Waals surface area contributed by atoms with Crippen LogP contribution in [-0.2, 0) is 0 Å². The molecule has 1 saturated heterocycles. The molecule has 3 nitrogen and oxygen atoms in total. The Hall–Kier alpha value is -1.25. The summed E-state index contributed by atoms with van der Waals surface area (Å²) in [6.45, 7) is 5.99. The molecule has 0 saturated carbocycles. The number of hydrogen-bond donors (Lipinski definition) is 0. The van der Waals surface area contributed by atoms with E-state index in [1.165, 1.54) is 19.3 Å². The summed E-state index contributed by atoms with van der Waals surface area (Å²) < 4.78 is 5.06. The van der Waals surface area contributed by atoms with Gasteiger partial charge in [-0.3, -0.25) is 0 Å². The Morgan fingerprint density at radius 2 is 1.87 bits per heavy atom. The second kappa shape index (κ2) is 4.09. The van der Waals surface area contributed by atoms with Crippen molar-refractivity contribution in [3.63, 3.8) is 0 Å². The average Bonchev–Trinajstić information content (AvgIpc) is 2.24. The van der Waals surface area contributed by atoms with Gasteiger partial charge in [0.1, 0.15) is 5.76 Å². The molecule has 0 spiro atoms. The van der Waals surface area contributed by atoms with Crippen molar-refractivity contribution in [3.05, 3.63) is 27.8 Å². The number of anilines is 1. The molecule has 3 heteroatoms. The molecule has 0 amide bonds. The van der Waals surface area contributed by atoms with Gasteiger partial charge in [0.2, 0.25) is 0 Å². The third kappa shape index (κ3) is 2.06. The van der Waals surface area contributed by atoms with Gasteiger partial charge in [0, 0.05) is 24.7 Å². The van der Waals surface area contributed by atoms with Gasteiger partial charge in [-0.15, -0.1) is 0 Å². The first-order chi connectivity index (χ1) is 7.18. The van der Waals surface area contributed by atoms with E-state index in [-0.39, 0.29) is 5.63 Å². The fraction of sp³-hybridized carbons (Fsp3) is 0.583. The average molecular weight is 207 g/mol. The highest BCUT2D eigenvalue weighted by molar-refractivity contribution is 5.53. The molecule has 1 aromatic rings. The van der Waals surface area contributed by atoms with Crippen molar-refractivity contribution in [1.29, 1.82) is 0 Å². The number of rotatable bonds is 1. The molecule has 0 unspecified atom stereocenters. The zero-order valence-corrected chi connectivity index (χ0v) is 9.38. The summed E-state index contributed by atoms with van der Waals surface area (Å²) in [6, 6.07) is 1.62. The molecule has 0 atom stereocenters. The molecule has 1 aliphatic rings. The lowest BCUT2D eigenvalue weighted by molar-refractivity contribution is 0.473. The molecule has 0 radical (unpaired) electrons. The molecule has 1 aromatic heterocycles. The van der Waals surface area contributed by atoms with Crippen LogP contribution in [0.4, 0.5) is 5.69 Å². The highest BCUT2D eigenvalue weighted by Crippen LogP contribution is 2.23. The molecule has 0 N–H and O–H groups in total. The van der Waals surface area contributed by atoms with Crippen molar-refractivity contribution in [1.82, 2.24) is 0 Å². The Bertz CT molecular complexity index is 403. The first-order valence-corrected chi connectivity index (χ1v) is 5.55. The molecular weight excluding hydrogens is 190 g/mol. The zero-order valence-electron chi connectivity index (χ0n) is 9.38. The summed E-state index contributed by atoms with van der Waals surface area (Å²) >= 11 is 0. The van der Waals surface area contributed by atoms with Crippen LogP contribution >= 0.6 is 0 Å². The summed E-state index contributed by atoms with van der Waals surface area (Å²) in [4.78, 5) is 13.6. The predicted octanol–water partition coefficient (Wildman–Crippen LogP) is 2.25. The predicted molar refractivity (Wildman–Crippen MR) is 60.5 cm³/mol. The van der Waals surface area contributed by atoms with Gasteiger partial charge in [-0.05, 0) is 33.1 Å². The molecular formula is C12H17NO2. The van der Waals surface area contributed by atoms with Gasteiger partial charge >= 0.3 is 5.63 Å². The van der Waals surface area contributed by atoms with Gasteiger partial charge in [-0.2, -0.15) is 0 Å². The normalized spacial score (nSPS) is 16.8. The molecule has 1 fully saturated rings. The van der Waals surface area contributed by atoms with Gasteiger partial charge in [0.15, 0.2) is 0 Å². The Morgan fingerprint density at radius 3 is 2.53 bits per heavy atom. The molecule has 2 heterocycles. The van der Waals surface area contributed by atoms with Crippen LogP contribution in [0.3, 0.4) is 0 Å². The lowest BCUT2D eigenvalue weighted by Crippen LogP contribution is -2.30. The van der Waals surface area contributed by atoms with Crippen molar-refractivity contribution < 1.29 is 4.42 Å². The molecule has 0 bridgehead atoms. The molecule has 1 aliphatic heterocycles. The van der Waals surface area contributed by atoms with Crippen LogP contribution in [0.1, 0.15) is 30.6 Å². The Balaban J connectivity index is 2.37. The standard InChI is InChI=1S/C12H17NO2/c1-9-10(2)15-12(14)8-11(9)13-6-4-3-5-7-13/h8H,3-7H2,1-2H3. The number of hydrogen-bond acceptors (Lipinski definition) is 3. The second-order valence-electron chi connectivity index (χ2n) is 4.18. The van der Waals surface area contributed by atoms with Crippen LogP contribution in [0.15, 0.2) is 15.3 Å². The first-order valence-electron chi connectivity index (χ1n) is 5.55. The summed E-state index contributed by atoms with van der Waals surface area (Å²) in [5.74, 6) is 0.739. The number of aryl methyl sites for hydroxylation is 1. The largest absolute Gasteiger partial charge is 0.428 e.